The first kappa shape index (κ1) is 17.4. The number of nitrogens with one attached hydrogen (secondary N) is 2. The van der Waals surface area contributed by atoms with E-state index in [1.54, 1.807) is 12.4 Å². The third-order valence-corrected chi connectivity index (χ3v) is 4.33. The number of nitrogens with zero attached hydrogens (tertiary/aromatic N) is 4. The summed E-state index contributed by atoms with van der Waals surface area (Å²) in [6, 6.07) is 1.96. The molecule has 0 amide bonds. The van der Waals surface area contributed by atoms with Gasteiger partial charge >= 0.3 is 0 Å². The van der Waals surface area contributed by atoms with Gasteiger partial charge in [-0.25, -0.2) is 9.97 Å². The topological polar surface area (TPSA) is 66.0 Å². The van der Waals surface area contributed by atoms with Gasteiger partial charge in [-0.1, -0.05) is 12.7 Å². The minimum atomic E-state index is 0.613. The number of hydrogen-bond acceptors (Lipinski definition) is 6. The summed E-state index contributed by atoms with van der Waals surface area (Å²) in [6.07, 6.45) is 9.71. The highest BCUT2D eigenvalue weighted by atomic mass is 15.0. The van der Waals surface area contributed by atoms with Crippen LogP contribution in [0.4, 0.5) is 5.82 Å². The van der Waals surface area contributed by atoms with Gasteiger partial charge in [-0.2, -0.15) is 0 Å². The van der Waals surface area contributed by atoms with Crippen LogP contribution in [0.5, 0.6) is 0 Å². The Morgan fingerprint density at radius 2 is 2.24 bits per heavy atom. The van der Waals surface area contributed by atoms with Crippen molar-refractivity contribution in [1.82, 2.24) is 25.2 Å². The van der Waals surface area contributed by atoms with Gasteiger partial charge in [0.15, 0.2) is 5.82 Å². The first-order valence-corrected chi connectivity index (χ1v) is 8.75. The van der Waals surface area contributed by atoms with Crippen molar-refractivity contribution >= 4 is 22.4 Å². The quantitative estimate of drug-likeness (QED) is 0.789. The second-order valence-corrected chi connectivity index (χ2v) is 6.63. The van der Waals surface area contributed by atoms with Crippen molar-refractivity contribution in [2.45, 2.75) is 12.8 Å². The van der Waals surface area contributed by atoms with Crippen molar-refractivity contribution in [3.8, 4) is 0 Å². The fraction of sp³-hybridized carbons (Fsp3) is 0.421. The number of rotatable bonds is 6. The molecule has 2 aromatic heterocycles. The third-order valence-electron chi connectivity index (χ3n) is 4.33. The summed E-state index contributed by atoms with van der Waals surface area (Å²) >= 11 is 0. The smallest absolute Gasteiger partial charge is 0.154 e. The molecule has 1 aliphatic rings. The average molecular weight is 338 g/mol. The molecule has 6 nitrogen and oxygen atoms in total. The summed E-state index contributed by atoms with van der Waals surface area (Å²) in [5.74, 6) is 1.40. The van der Waals surface area contributed by atoms with Crippen LogP contribution in [0.25, 0.3) is 16.6 Å². The molecule has 3 heterocycles. The van der Waals surface area contributed by atoms with Crippen LogP contribution in [-0.4, -0.2) is 53.6 Å². The molecule has 2 aromatic rings. The van der Waals surface area contributed by atoms with Crippen molar-refractivity contribution in [2.75, 3.05) is 39.0 Å². The van der Waals surface area contributed by atoms with Crippen LogP contribution in [0.2, 0.25) is 0 Å². The van der Waals surface area contributed by atoms with Gasteiger partial charge in [-0.15, -0.1) is 0 Å². The molecule has 1 saturated heterocycles. The highest BCUT2D eigenvalue weighted by Gasteiger charge is 2.15. The molecule has 0 saturated carbocycles. The van der Waals surface area contributed by atoms with Gasteiger partial charge in [-0.3, -0.25) is 4.98 Å². The average Bonchev–Trinajstić information content (AvgIpc) is 2.64. The summed E-state index contributed by atoms with van der Waals surface area (Å²) in [4.78, 5) is 15.7. The second kappa shape index (κ2) is 8.07. The van der Waals surface area contributed by atoms with Gasteiger partial charge in [0.05, 0.1) is 11.2 Å². The second-order valence-electron chi connectivity index (χ2n) is 6.63. The first-order valence-electron chi connectivity index (χ1n) is 8.75. The number of hydrogen-bond donors (Lipinski definition) is 2. The van der Waals surface area contributed by atoms with Crippen molar-refractivity contribution in [3.63, 3.8) is 0 Å². The van der Waals surface area contributed by atoms with Gasteiger partial charge in [0.1, 0.15) is 5.52 Å². The molecule has 0 spiro atoms. The number of fused-ring (bicyclic) bond motifs is 1. The molecule has 0 aromatic carbocycles. The van der Waals surface area contributed by atoms with Crippen molar-refractivity contribution in [2.24, 2.45) is 5.92 Å². The van der Waals surface area contributed by atoms with Gasteiger partial charge in [0.2, 0.25) is 0 Å². The minimum Gasteiger partial charge on any atom is -0.383 e. The lowest BCUT2D eigenvalue weighted by molar-refractivity contribution is 0.392. The summed E-state index contributed by atoms with van der Waals surface area (Å²) in [5, 5.41) is 6.95. The van der Waals surface area contributed by atoms with E-state index in [0.29, 0.717) is 5.92 Å². The van der Waals surface area contributed by atoms with Crippen LogP contribution in [-0.2, 0) is 0 Å². The van der Waals surface area contributed by atoms with Crippen LogP contribution in [0.1, 0.15) is 18.5 Å². The SMILES string of the molecule is C=C/C(=C\N(C)C)c1cc2nccnc2c(NC[C@@H]2CCCNC2)n1. The van der Waals surface area contributed by atoms with E-state index in [9.17, 15) is 0 Å². The Labute approximate surface area is 149 Å². The molecule has 132 valence electrons. The normalized spacial score (nSPS) is 18.2. The molecule has 1 atom stereocenters. The maximum absolute atomic E-state index is 4.81. The molecule has 1 aliphatic heterocycles. The highest BCUT2D eigenvalue weighted by molar-refractivity contribution is 5.88. The molecule has 6 heteroatoms. The molecule has 25 heavy (non-hydrogen) atoms. The zero-order chi connectivity index (χ0) is 17.6. The first-order chi connectivity index (χ1) is 12.2. The van der Waals surface area contributed by atoms with E-state index in [0.717, 1.165) is 47.8 Å². The van der Waals surface area contributed by atoms with Gasteiger partial charge < -0.3 is 15.5 Å². The van der Waals surface area contributed by atoms with Gasteiger partial charge in [-0.05, 0) is 37.9 Å². The van der Waals surface area contributed by atoms with Crippen LogP contribution < -0.4 is 10.6 Å². The lowest BCUT2D eigenvalue weighted by Gasteiger charge is -2.23. The Hall–Kier alpha value is -2.47. The number of piperidine rings is 1. The number of allylic oxidation sites excluding steroid dienone is 2. The molecule has 0 aliphatic carbocycles. The molecular formula is C19H26N6. The summed E-state index contributed by atoms with van der Waals surface area (Å²) < 4.78 is 0. The monoisotopic (exact) mass is 338 g/mol. The maximum Gasteiger partial charge on any atom is 0.154 e. The lowest BCUT2D eigenvalue weighted by atomic mass is 10.00. The molecule has 1 fully saturated rings. The Morgan fingerprint density at radius 3 is 2.96 bits per heavy atom. The van der Waals surface area contributed by atoms with E-state index in [1.165, 1.54) is 12.8 Å². The minimum absolute atomic E-state index is 0.613. The molecule has 0 radical (unpaired) electrons. The molecule has 0 unspecified atom stereocenters. The maximum atomic E-state index is 4.81. The fourth-order valence-corrected chi connectivity index (χ4v) is 3.08. The van der Waals surface area contributed by atoms with E-state index in [-0.39, 0.29) is 0 Å². The Morgan fingerprint density at radius 1 is 1.40 bits per heavy atom. The van der Waals surface area contributed by atoms with E-state index < -0.39 is 0 Å². The largest absolute Gasteiger partial charge is 0.383 e. The van der Waals surface area contributed by atoms with Crippen LogP contribution in [0.3, 0.4) is 0 Å². The van der Waals surface area contributed by atoms with Crippen LogP contribution in [0, 0.1) is 5.92 Å². The molecule has 0 bridgehead atoms. The summed E-state index contributed by atoms with van der Waals surface area (Å²) in [7, 11) is 3.97. The molecule has 2 N–H and O–H groups in total. The predicted molar refractivity (Wildman–Crippen MR) is 103 cm³/mol. The van der Waals surface area contributed by atoms with E-state index in [4.69, 9.17) is 4.98 Å². The predicted octanol–water partition coefficient (Wildman–Crippen LogP) is 2.52. The number of anilines is 1. The Kier molecular flexibility index (Phi) is 5.60. The molecular weight excluding hydrogens is 312 g/mol. The molecule has 3 rings (SSSR count). The standard InChI is InChI=1S/C19H26N6/c1-4-15(13-25(2)3)16-10-17-18(22-9-8-21-17)19(24-16)23-12-14-6-5-7-20-11-14/h4,8-10,13-14,20H,1,5-7,11-12H2,2-3H3,(H,23,24)/b15-13+/t14-/m1/s1. The van der Waals surface area contributed by atoms with Crippen molar-refractivity contribution in [1.29, 1.82) is 0 Å². The highest BCUT2D eigenvalue weighted by Crippen LogP contribution is 2.24. The van der Waals surface area contributed by atoms with Gasteiger partial charge in [0, 0.05) is 44.8 Å². The van der Waals surface area contributed by atoms with Crippen LogP contribution in [0.15, 0.2) is 37.3 Å². The Bertz CT molecular complexity index is 762. The van der Waals surface area contributed by atoms with Crippen molar-refractivity contribution in [3.05, 3.63) is 43.0 Å². The fourth-order valence-electron chi connectivity index (χ4n) is 3.08. The Balaban J connectivity index is 1.93. The van der Waals surface area contributed by atoms with Crippen LogP contribution >= 0.6 is 0 Å². The lowest BCUT2D eigenvalue weighted by Crippen LogP contribution is -2.33. The zero-order valence-electron chi connectivity index (χ0n) is 15.0. The van der Waals surface area contributed by atoms with E-state index in [1.807, 2.05) is 37.3 Å². The number of aromatic nitrogens is 3. The number of pyridine rings is 1. The van der Waals surface area contributed by atoms with Crippen molar-refractivity contribution < 1.29 is 0 Å². The van der Waals surface area contributed by atoms with Gasteiger partial charge in [0.25, 0.3) is 0 Å². The van der Waals surface area contributed by atoms with E-state index >= 15 is 0 Å². The summed E-state index contributed by atoms with van der Waals surface area (Å²) in [6.45, 7) is 6.98. The third kappa shape index (κ3) is 4.33. The summed E-state index contributed by atoms with van der Waals surface area (Å²) in [5.41, 5.74) is 3.45. The zero-order valence-corrected chi connectivity index (χ0v) is 15.0. The van der Waals surface area contributed by atoms with E-state index in [2.05, 4.69) is 27.2 Å².